The molecule has 1 aromatic rings. The van der Waals surface area contributed by atoms with Crippen LogP contribution in [-0.4, -0.2) is 32.8 Å². The Kier molecular flexibility index (Phi) is 3.89. The molecule has 1 aliphatic carbocycles. The molecule has 0 aliphatic heterocycles. The minimum atomic E-state index is -3.54. The summed E-state index contributed by atoms with van der Waals surface area (Å²) in [7, 11) is -1.95. The highest BCUT2D eigenvalue weighted by molar-refractivity contribution is 7.89. The van der Waals surface area contributed by atoms with Crippen molar-refractivity contribution < 1.29 is 18.3 Å². The molecule has 0 saturated heterocycles. The maximum Gasteiger partial charge on any atom is 0.240 e. The number of hydrogen-bond donors (Lipinski definition) is 2. The number of phenolic OH excluding ortho intramolecular Hbond substituents is 1. The van der Waals surface area contributed by atoms with Crippen molar-refractivity contribution in [2.45, 2.75) is 36.3 Å². The number of ether oxygens (including phenoxy) is 1. The van der Waals surface area contributed by atoms with Gasteiger partial charge in [-0.3, -0.25) is 0 Å². The maximum atomic E-state index is 12.1. The van der Waals surface area contributed by atoms with Crippen LogP contribution in [-0.2, 0) is 14.8 Å². The first-order chi connectivity index (χ1) is 8.53. The molecule has 2 rings (SSSR count). The van der Waals surface area contributed by atoms with Crippen LogP contribution in [0.1, 0.15) is 19.3 Å². The van der Waals surface area contributed by atoms with Crippen molar-refractivity contribution in [3.8, 4) is 5.75 Å². The molecular weight excluding hydrogens is 254 g/mol. The van der Waals surface area contributed by atoms with Crippen molar-refractivity contribution in [1.82, 2.24) is 4.72 Å². The average Bonchev–Trinajstić information content (AvgIpc) is 2.76. The third-order valence-electron chi connectivity index (χ3n) is 3.21. The van der Waals surface area contributed by atoms with Crippen molar-refractivity contribution in [2.75, 3.05) is 7.11 Å². The summed E-state index contributed by atoms with van der Waals surface area (Å²) in [6, 6.07) is 5.31. The molecule has 1 saturated carbocycles. The number of nitrogens with one attached hydrogen (secondary N) is 1. The zero-order chi connectivity index (χ0) is 13.2. The fourth-order valence-electron chi connectivity index (χ4n) is 2.24. The van der Waals surface area contributed by atoms with Crippen molar-refractivity contribution in [1.29, 1.82) is 0 Å². The smallest absolute Gasteiger partial charge is 0.240 e. The van der Waals surface area contributed by atoms with Crippen LogP contribution in [0.5, 0.6) is 5.75 Å². The van der Waals surface area contributed by atoms with Crippen LogP contribution in [0.15, 0.2) is 29.2 Å². The van der Waals surface area contributed by atoms with Gasteiger partial charge in [0.2, 0.25) is 10.0 Å². The summed E-state index contributed by atoms with van der Waals surface area (Å²) in [6.45, 7) is 0. The van der Waals surface area contributed by atoms with E-state index in [1.807, 2.05) is 0 Å². The van der Waals surface area contributed by atoms with Gasteiger partial charge >= 0.3 is 0 Å². The molecule has 5 nitrogen and oxygen atoms in total. The first-order valence-corrected chi connectivity index (χ1v) is 7.35. The van der Waals surface area contributed by atoms with E-state index < -0.39 is 10.0 Å². The van der Waals surface area contributed by atoms with Gasteiger partial charge in [-0.15, -0.1) is 0 Å². The molecule has 18 heavy (non-hydrogen) atoms. The van der Waals surface area contributed by atoms with Crippen molar-refractivity contribution in [2.24, 2.45) is 0 Å². The Balaban J connectivity index is 2.14. The highest BCUT2D eigenvalue weighted by Gasteiger charge is 2.31. The van der Waals surface area contributed by atoms with Gasteiger partial charge in [0.25, 0.3) is 0 Å². The quantitative estimate of drug-likeness (QED) is 0.864. The topological polar surface area (TPSA) is 75.6 Å². The molecule has 1 fully saturated rings. The molecule has 0 radical (unpaired) electrons. The van der Waals surface area contributed by atoms with Crippen LogP contribution in [0.25, 0.3) is 0 Å². The molecule has 2 unspecified atom stereocenters. The number of aromatic hydroxyl groups is 1. The number of methoxy groups -OCH3 is 1. The SMILES string of the molecule is COC1CCCC1NS(=O)(=O)c1ccc(O)cc1. The highest BCUT2D eigenvalue weighted by Crippen LogP contribution is 2.23. The maximum absolute atomic E-state index is 12.1. The van der Waals surface area contributed by atoms with Crippen molar-refractivity contribution in [3.63, 3.8) is 0 Å². The lowest BCUT2D eigenvalue weighted by Crippen LogP contribution is -2.40. The van der Waals surface area contributed by atoms with Gasteiger partial charge in [-0.1, -0.05) is 0 Å². The zero-order valence-corrected chi connectivity index (χ0v) is 11.0. The van der Waals surface area contributed by atoms with Crippen LogP contribution in [0.4, 0.5) is 0 Å². The fraction of sp³-hybridized carbons (Fsp3) is 0.500. The first-order valence-electron chi connectivity index (χ1n) is 5.87. The summed E-state index contributed by atoms with van der Waals surface area (Å²) < 4.78 is 32.1. The standard InChI is InChI=1S/C12H17NO4S/c1-17-12-4-2-3-11(12)13-18(15,16)10-7-5-9(14)6-8-10/h5-8,11-14H,2-4H2,1H3. The molecule has 0 amide bonds. The Morgan fingerprint density at radius 2 is 1.94 bits per heavy atom. The zero-order valence-electron chi connectivity index (χ0n) is 10.2. The summed E-state index contributed by atoms with van der Waals surface area (Å²) >= 11 is 0. The first kappa shape index (κ1) is 13.3. The van der Waals surface area contributed by atoms with Crippen molar-refractivity contribution >= 4 is 10.0 Å². The van der Waals surface area contributed by atoms with Gasteiger partial charge in [0.15, 0.2) is 0 Å². The normalized spacial score (nSPS) is 24.3. The van der Waals surface area contributed by atoms with E-state index >= 15 is 0 Å². The molecule has 100 valence electrons. The van der Waals surface area contributed by atoms with E-state index in [1.165, 1.54) is 24.3 Å². The summed E-state index contributed by atoms with van der Waals surface area (Å²) in [5.41, 5.74) is 0. The molecule has 1 aliphatic rings. The van der Waals surface area contributed by atoms with E-state index in [-0.39, 0.29) is 22.8 Å². The minimum Gasteiger partial charge on any atom is -0.508 e. The van der Waals surface area contributed by atoms with Gasteiger partial charge in [-0.05, 0) is 43.5 Å². The lowest BCUT2D eigenvalue weighted by molar-refractivity contribution is 0.0916. The molecular formula is C12H17NO4S. The summed E-state index contributed by atoms with van der Waals surface area (Å²) in [6.07, 6.45) is 2.56. The Labute approximate surface area is 107 Å². The van der Waals surface area contributed by atoms with Crippen LogP contribution < -0.4 is 4.72 Å². The van der Waals surface area contributed by atoms with Gasteiger partial charge in [0, 0.05) is 13.2 Å². The summed E-state index contributed by atoms with van der Waals surface area (Å²) in [5.74, 6) is 0.0459. The van der Waals surface area contributed by atoms with E-state index in [9.17, 15) is 8.42 Å². The molecule has 0 spiro atoms. The molecule has 1 aromatic carbocycles. The Morgan fingerprint density at radius 1 is 1.28 bits per heavy atom. The monoisotopic (exact) mass is 271 g/mol. The predicted molar refractivity (Wildman–Crippen MR) is 66.9 cm³/mol. The van der Waals surface area contributed by atoms with E-state index in [4.69, 9.17) is 9.84 Å². The second kappa shape index (κ2) is 5.26. The molecule has 2 N–H and O–H groups in total. The second-order valence-corrected chi connectivity index (χ2v) is 6.14. The third-order valence-corrected chi connectivity index (χ3v) is 4.71. The summed E-state index contributed by atoms with van der Waals surface area (Å²) in [4.78, 5) is 0.155. The lowest BCUT2D eigenvalue weighted by Gasteiger charge is -2.19. The number of rotatable bonds is 4. The van der Waals surface area contributed by atoms with E-state index in [0.717, 1.165) is 19.3 Å². The Hall–Kier alpha value is -1.11. The lowest BCUT2D eigenvalue weighted by atomic mass is 10.2. The van der Waals surface area contributed by atoms with E-state index in [0.29, 0.717) is 0 Å². The van der Waals surface area contributed by atoms with E-state index in [2.05, 4.69) is 4.72 Å². The van der Waals surface area contributed by atoms with Crippen LogP contribution in [0.2, 0.25) is 0 Å². The molecule has 6 heteroatoms. The largest absolute Gasteiger partial charge is 0.508 e. The molecule has 0 aromatic heterocycles. The third kappa shape index (κ3) is 2.82. The second-order valence-electron chi connectivity index (χ2n) is 4.43. The number of benzene rings is 1. The van der Waals surface area contributed by atoms with Crippen LogP contribution >= 0.6 is 0 Å². The minimum absolute atomic E-state index is 0.0459. The Bertz CT molecular complexity index is 497. The predicted octanol–water partition coefficient (Wildman–Crippen LogP) is 1.24. The van der Waals surface area contributed by atoms with Gasteiger partial charge in [-0.25, -0.2) is 13.1 Å². The Morgan fingerprint density at radius 3 is 2.56 bits per heavy atom. The fourth-order valence-corrected chi connectivity index (χ4v) is 3.53. The van der Waals surface area contributed by atoms with Gasteiger partial charge in [0.1, 0.15) is 5.75 Å². The number of phenols is 1. The van der Waals surface area contributed by atoms with E-state index in [1.54, 1.807) is 7.11 Å². The highest BCUT2D eigenvalue weighted by atomic mass is 32.2. The van der Waals surface area contributed by atoms with Crippen molar-refractivity contribution in [3.05, 3.63) is 24.3 Å². The van der Waals surface area contributed by atoms with Crippen LogP contribution in [0, 0.1) is 0 Å². The average molecular weight is 271 g/mol. The molecule has 0 heterocycles. The van der Waals surface area contributed by atoms with Crippen LogP contribution in [0.3, 0.4) is 0 Å². The van der Waals surface area contributed by atoms with Gasteiger partial charge in [0.05, 0.1) is 11.0 Å². The molecule has 2 atom stereocenters. The number of sulfonamides is 1. The molecule has 0 bridgehead atoms. The van der Waals surface area contributed by atoms with Gasteiger partial charge < -0.3 is 9.84 Å². The van der Waals surface area contributed by atoms with Gasteiger partial charge in [-0.2, -0.15) is 0 Å². The summed E-state index contributed by atoms with van der Waals surface area (Å²) in [5, 5.41) is 9.15. The number of hydrogen-bond acceptors (Lipinski definition) is 4.